The molecule has 2 nitrogen and oxygen atoms in total. The van der Waals surface area contributed by atoms with Gasteiger partial charge in [-0.05, 0) is 61.8 Å². The average molecular weight is 285 g/mol. The van der Waals surface area contributed by atoms with Gasteiger partial charge in [-0.25, -0.2) is 0 Å². The first kappa shape index (κ1) is 13.6. The molecule has 1 aliphatic heterocycles. The van der Waals surface area contributed by atoms with Crippen LogP contribution in [0.3, 0.4) is 0 Å². The molecule has 1 aromatic carbocycles. The molecule has 2 bridgehead atoms. The van der Waals surface area contributed by atoms with Gasteiger partial charge in [-0.1, -0.05) is 26.3 Å². The Kier molecular flexibility index (Phi) is 3.08. The van der Waals surface area contributed by atoms with Crippen LogP contribution in [0.2, 0.25) is 0 Å². The lowest BCUT2D eigenvalue weighted by molar-refractivity contribution is 0.259. The first-order chi connectivity index (χ1) is 10.1. The lowest BCUT2D eigenvalue weighted by atomic mass is 9.79. The van der Waals surface area contributed by atoms with Gasteiger partial charge in [0.05, 0.1) is 6.61 Å². The minimum atomic E-state index is 0.151. The van der Waals surface area contributed by atoms with Crippen LogP contribution in [-0.4, -0.2) is 13.7 Å². The molecule has 114 valence electrons. The Morgan fingerprint density at radius 3 is 2.76 bits per heavy atom. The van der Waals surface area contributed by atoms with Gasteiger partial charge in [0.15, 0.2) is 0 Å². The zero-order valence-electron chi connectivity index (χ0n) is 13.5. The summed E-state index contributed by atoms with van der Waals surface area (Å²) in [6, 6.07) is 7.40. The third-order valence-corrected chi connectivity index (χ3v) is 6.21. The van der Waals surface area contributed by atoms with E-state index in [1.54, 1.807) is 0 Å². The highest BCUT2D eigenvalue weighted by Crippen LogP contribution is 2.53. The highest BCUT2D eigenvalue weighted by molar-refractivity contribution is 5.46. The molecule has 2 fully saturated rings. The highest BCUT2D eigenvalue weighted by atomic mass is 16.5. The van der Waals surface area contributed by atoms with Crippen molar-refractivity contribution in [2.45, 2.75) is 51.0 Å². The number of nitrogens with one attached hydrogen (secondary N) is 1. The summed E-state index contributed by atoms with van der Waals surface area (Å²) in [7, 11) is 2.13. The van der Waals surface area contributed by atoms with Gasteiger partial charge in [-0.15, -0.1) is 0 Å². The maximum atomic E-state index is 5.84. The van der Waals surface area contributed by atoms with Crippen LogP contribution in [0.4, 0.5) is 0 Å². The first-order valence-electron chi connectivity index (χ1n) is 8.53. The molecule has 21 heavy (non-hydrogen) atoms. The van der Waals surface area contributed by atoms with Crippen LogP contribution in [0.15, 0.2) is 18.2 Å². The second-order valence-electron chi connectivity index (χ2n) is 8.03. The van der Waals surface area contributed by atoms with Crippen LogP contribution < -0.4 is 10.1 Å². The van der Waals surface area contributed by atoms with Crippen LogP contribution in [0.1, 0.15) is 56.7 Å². The molecular formula is C19H27NO. The number of hydrogen-bond donors (Lipinski definition) is 1. The predicted octanol–water partition coefficient (Wildman–Crippen LogP) is 4.05. The lowest BCUT2D eigenvalue weighted by Crippen LogP contribution is -2.29. The molecule has 0 aromatic heterocycles. The predicted molar refractivity (Wildman–Crippen MR) is 85.7 cm³/mol. The van der Waals surface area contributed by atoms with E-state index in [-0.39, 0.29) is 5.41 Å². The van der Waals surface area contributed by atoms with Crippen LogP contribution in [0, 0.1) is 17.8 Å². The van der Waals surface area contributed by atoms with Gasteiger partial charge in [0.2, 0.25) is 0 Å². The Bertz CT molecular complexity index is 550. The molecule has 0 amide bonds. The second-order valence-corrected chi connectivity index (χ2v) is 8.03. The normalized spacial score (nSPS) is 33.8. The van der Waals surface area contributed by atoms with Crippen molar-refractivity contribution in [3.05, 3.63) is 29.3 Å². The Labute approximate surface area is 128 Å². The van der Waals surface area contributed by atoms with Crippen molar-refractivity contribution in [2.75, 3.05) is 13.7 Å². The molecular weight excluding hydrogens is 258 g/mol. The fourth-order valence-electron chi connectivity index (χ4n) is 5.06. The Balaban J connectivity index is 1.66. The number of rotatable bonds is 3. The summed E-state index contributed by atoms with van der Waals surface area (Å²) in [6.45, 7) is 5.38. The van der Waals surface area contributed by atoms with E-state index in [1.165, 1.54) is 36.8 Å². The third-order valence-electron chi connectivity index (χ3n) is 6.21. The fourth-order valence-corrected chi connectivity index (χ4v) is 5.06. The zero-order valence-corrected chi connectivity index (χ0v) is 13.5. The monoisotopic (exact) mass is 285 g/mol. The summed E-state index contributed by atoms with van der Waals surface area (Å²) in [6.07, 6.45) is 5.82. The highest BCUT2D eigenvalue weighted by Gasteiger charge is 2.43. The lowest BCUT2D eigenvalue weighted by Gasteiger charge is -2.31. The average Bonchev–Trinajstić information content (AvgIpc) is 3.16. The van der Waals surface area contributed by atoms with Gasteiger partial charge >= 0.3 is 0 Å². The molecule has 4 unspecified atom stereocenters. The fraction of sp³-hybridized carbons (Fsp3) is 0.684. The maximum absolute atomic E-state index is 5.84. The molecule has 1 heterocycles. The summed E-state index contributed by atoms with van der Waals surface area (Å²) in [5.74, 6) is 3.87. The smallest absolute Gasteiger partial charge is 0.123 e. The summed E-state index contributed by atoms with van der Waals surface area (Å²) in [5.41, 5.74) is 3.01. The van der Waals surface area contributed by atoms with Crippen molar-refractivity contribution in [2.24, 2.45) is 17.8 Å². The summed E-state index contributed by atoms with van der Waals surface area (Å²) in [5, 5.41) is 3.62. The minimum Gasteiger partial charge on any atom is -0.492 e. The molecule has 3 aliphatic rings. The number of hydrogen-bond acceptors (Lipinski definition) is 2. The Morgan fingerprint density at radius 2 is 2.10 bits per heavy atom. The topological polar surface area (TPSA) is 21.3 Å². The molecule has 0 radical (unpaired) electrons. The molecule has 1 N–H and O–H groups in total. The standard InChI is InChI=1S/C19H27NO/c1-19(2)11-21-17-7-6-14(10-16(17)19)18(20-3)15-9-12-4-5-13(15)8-12/h6-7,10,12-13,15,18,20H,4-5,8-9,11H2,1-3H3. The first-order valence-corrected chi connectivity index (χ1v) is 8.53. The van der Waals surface area contributed by atoms with Crippen LogP contribution >= 0.6 is 0 Å². The van der Waals surface area contributed by atoms with E-state index in [4.69, 9.17) is 4.74 Å². The van der Waals surface area contributed by atoms with E-state index in [1.807, 2.05) is 0 Å². The van der Waals surface area contributed by atoms with E-state index < -0.39 is 0 Å². The van der Waals surface area contributed by atoms with Crippen molar-refractivity contribution in [1.82, 2.24) is 5.32 Å². The SMILES string of the molecule is CNC(c1ccc2c(c1)C(C)(C)CO2)C1CC2CCC1C2. The minimum absolute atomic E-state index is 0.151. The van der Waals surface area contributed by atoms with Crippen LogP contribution in [-0.2, 0) is 5.41 Å². The second kappa shape index (κ2) is 4.74. The van der Waals surface area contributed by atoms with Crippen molar-refractivity contribution in [1.29, 1.82) is 0 Å². The molecule has 1 aromatic rings. The van der Waals surface area contributed by atoms with Crippen LogP contribution in [0.25, 0.3) is 0 Å². The largest absolute Gasteiger partial charge is 0.492 e. The van der Waals surface area contributed by atoms with Crippen molar-refractivity contribution in [3.8, 4) is 5.75 Å². The quantitative estimate of drug-likeness (QED) is 0.904. The van der Waals surface area contributed by atoms with E-state index in [9.17, 15) is 0 Å². The number of fused-ring (bicyclic) bond motifs is 3. The Morgan fingerprint density at radius 1 is 1.24 bits per heavy atom. The van der Waals surface area contributed by atoms with Crippen molar-refractivity contribution in [3.63, 3.8) is 0 Å². The molecule has 4 atom stereocenters. The van der Waals surface area contributed by atoms with Gasteiger partial charge < -0.3 is 10.1 Å². The van der Waals surface area contributed by atoms with Gasteiger partial charge in [-0.3, -0.25) is 0 Å². The van der Waals surface area contributed by atoms with Gasteiger partial charge in [0.25, 0.3) is 0 Å². The molecule has 0 saturated heterocycles. The Hall–Kier alpha value is -1.02. The van der Waals surface area contributed by atoms with E-state index in [0.717, 1.165) is 30.1 Å². The van der Waals surface area contributed by atoms with Gasteiger partial charge in [-0.2, -0.15) is 0 Å². The molecule has 0 spiro atoms. The van der Waals surface area contributed by atoms with E-state index in [0.29, 0.717) is 6.04 Å². The van der Waals surface area contributed by atoms with Gasteiger partial charge in [0.1, 0.15) is 5.75 Å². The maximum Gasteiger partial charge on any atom is 0.123 e. The molecule has 4 rings (SSSR count). The van der Waals surface area contributed by atoms with E-state index in [2.05, 4.69) is 44.4 Å². The molecule has 2 heteroatoms. The van der Waals surface area contributed by atoms with Crippen molar-refractivity contribution >= 4 is 0 Å². The van der Waals surface area contributed by atoms with Crippen LogP contribution in [0.5, 0.6) is 5.75 Å². The third kappa shape index (κ3) is 2.11. The number of ether oxygens (including phenoxy) is 1. The van der Waals surface area contributed by atoms with E-state index >= 15 is 0 Å². The summed E-state index contributed by atoms with van der Waals surface area (Å²) in [4.78, 5) is 0. The van der Waals surface area contributed by atoms with Crippen molar-refractivity contribution < 1.29 is 4.74 Å². The summed E-state index contributed by atoms with van der Waals surface area (Å²) >= 11 is 0. The zero-order chi connectivity index (χ0) is 14.6. The molecule has 2 aliphatic carbocycles. The summed E-state index contributed by atoms with van der Waals surface area (Å²) < 4.78 is 5.84. The molecule has 2 saturated carbocycles. The number of benzene rings is 1. The van der Waals surface area contributed by atoms with Gasteiger partial charge in [0, 0.05) is 17.0 Å².